The van der Waals surface area contributed by atoms with Crippen molar-refractivity contribution in [1.29, 1.82) is 0 Å². The van der Waals surface area contributed by atoms with Gasteiger partial charge in [-0.1, -0.05) is 23.2 Å². The Labute approximate surface area is 166 Å². The van der Waals surface area contributed by atoms with Crippen molar-refractivity contribution in [3.8, 4) is 0 Å². The van der Waals surface area contributed by atoms with E-state index in [1.54, 1.807) is 13.0 Å². The van der Waals surface area contributed by atoms with Crippen molar-refractivity contribution in [2.24, 2.45) is 0 Å². The van der Waals surface area contributed by atoms with Gasteiger partial charge in [-0.15, -0.1) is 0 Å². The van der Waals surface area contributed by atoms with E-state index in [9.17, 15) is 14.9 Å². The minimum absolute atomic E-state index is 0.0347. The number of pyridine rings is 1. The van der Waals surface area contributed by atoms with Crippen LogP contribution < -0.4 is 5.32 Å². The molecule has 1 heterocycles. The number of nitrogens with zero attached hydrogens (tertiary/aromatic N) is 2. The molecule has 2 aromatic carbocycles. The molecule has 144 valence electrons. The summed E-state index contributed by atoms with van der Waals surface area (Å²) < 4.78 is 5.15. The van der Waals surface area contributed by atoms with Crippen LogP contribution in [0.25, 0.3) is 10.9 Å². The number of carbonyl (C=O) groups excluding carboxylic acids is 1. The first-order valence-corrected chi connectivity index (χ1v) is 8.97. The highest BCUT2D eigenvalue weighted by molar-refractivity contribution is 6.32. The Morgan fingerprint density at radius 3 is 2.71 bits per heavy atom. The molecule has 0 aliphatic heterocycles. The SMILES string of the molecule is CCOC(=O)c1cnc2c(C)cc(C)cc2c1Nc1ccc(Cl)c([N+](=O)[O-])c1. The number of benzene rings is 2. The molecule has 3 aromatic rings. The summed E-state index contributed by atoms with van der Waals surface area (Å²) in [6.45, 7) is 5.82. The third-order valence-corrected chi connectivity index (χ3v) is 4.53. The number of ether oxygens (including phenoxy) is 1. The van der Waals surface area contributed by atoms with Crippen molar-refractivity contribution >= 4 is 45.5 Å². The first-order chi connectivity index (χ1) is 13.3. The fourth-order valence-electron chi connectivity index (χ4n) is 3.03. The first kappa shape index (κ1) is 19.6. The molecule has 1 aromatic heterocycles. The highest BCUT2D eigenvalue weighted by Gasteiger charge is 2.19. The number of hydrogen-bond acceptors (Lipinski definition) is 6. The molecule has 0 fully saturated rings. The first-order valence-electron chi connectivity index (χ1n) is 8.59. The lowest BCUT2D eigenvalue weighted by atomic mass is 10.0. The predicted molar refractivity (Wildman–Crippen MR) is 109 cm³/mol. The molecule has 3 rings (SSSR count). The van der Waals surface area contributed by atoms with Crippen LogP contribution in [0.2, 0.25) is 5.02 Å². The van der Waals surface area contributed by atoms with E-state index in [0.717, 1.165) is 22.0 Å². The zero-order valence-corrected chi connectivity index (χ0v) is 16.3. The highest BCUT2D eigenvalue weighted by Crippen LogP contribution is 2.34. The Morgan fingerprint density at radius 1 is 1.29 bits per heavy atom. The number of nitro groups is 1. The van der Waals surface area contributed by atoms with E-state index in [-0.39, 0.29) is 22.9 Å². The standard InChI is InChI=1S/C20H18ClN3O4/c1-4-28-20(25)15-10-22-18-12(3)7-11(2)8-14(18)19(15)23-13-5-6-16(21)17(9-13)24(26)27/h5-10H,4H2,1-3H3,(H,22,23). The van der Waals surface area contributed by atoms with Crippen LogP contribution in [0.3, 0.4) is 0 Å². The molecule has 0 bridgehead atoms. The minimum Gasteiger partial charge on any atom is -0.462 e. The molecule has 0 aliphatic rings. The zero-order valence-electron chi connectivity index (χ0n) is 15.6. The largest absolute Gasteiger partial charge is 0.462 e. The summed E-state index contributed by atoms with van der Waals surface area (Å²) in [6, 6.07) is 8.28. The molecule has 0 radical (unpaired) electrons. The summed E-state index contributed by atoms with van der Waals surface area (Å²) in [5.41, 5.74) is 3.60. The fraction of sp³-hybridized carbons (Fsp3) is 0.200. The van der Waals surface area contributed by atoms with Crippen LogP contribution in [-0.4, -0.2) is 22.5 Å². The van der Waals surface area contributed by atoms with E-state index >= 15 is 0 Å². The van der Waals surface area contributed by atoms with Gasteiger partial charge in [0.2, 0.25) is 0 Å². The smallest absolute Gasteiger partial charge is 0.341 e. The molecule has 0 saturated carbocycles. The normalized spacial score (nSPS) is 10.7. The highest BCUT2D eigenvalue weighted by atomic mass is 35.5. The molecular formula is C20H18ClN3O4. The van der Waals surface area contributed by atoms with Gasteiger partial charge in [0.05, 0.1) is 22.7 Å². The number of esters is 1. The minimum atomic E-state index is -0.557. The van der Waals surface area contributed by atoms with Crippen LogP contribution in [0.15, 0.2) is 36.5 Å². The number of aromatic nitrogens is 1. The van der Waals surface area contributed by atoms with Crippen molar-refractivity contribution in [1.82, 2.24) is 4.98 Å². The Morgan fingerprint density at radius 2 is 2.04 bits per heavy atom. The lowest BCUT2D eigenvalue weighted by Gasteiger charge is -2.16. The van der Waals surface area contributed by atoms with Crippen LogP contribution in [0.5, 0.6) is 0 Å². The summed E-state index contributed by atoms with van der Waals surface area (Å²) in [7, 11) is 0. The van der Waals surface area contributed by atoms with Gasteiger partial charge < -0.3 is 10.1 Å². The third kappa shape index (κ3) is 3.75. The number of carbonyl (C=O) groups is 1. The van der Waals surface area contributed by atoms with Crippen molar-refractivity contribution in [3.05, 3.63) is 68.4 Å². The second-order valence-electron chi connectivity index (χ2n) is 6.29. The number of hydrogen-bond donors (Lipinski definition) is 1. The Kier molecular flexibility index (Phi) is 5.46. The van der Waals surface area contributed by atoms with Crippen LogP contribution in [0.4, 0.5) is 17.1 Å². The molecule has 0 unspecified atom stereocenters. The number of nitro benzene ring substituents is 1. The number of halogens is 1. The third-order valence-electron chi connectivity index (χ3n) is 4.21. The average Bonchev–Trinajstić information content (AvgIpc) is 2.63. The van der Waals surface area contributed by atoms with Crippen molar-refractivity contribution in [3.63, 3.8) is 0 Å². The molecule has 0 spiro atoms. The summed E-state index contributed by atoms with van der Waals surface area (Å²) in [6.07, 6.45) is 1.45. The van der Waals surface area contributed by atoms with E-state index in [4.69, 9.17) is 16.3 Å². The molecule has 0 aliphatic carbocycles. The molecule has 7 nitrogen and oxygen atoms in total. The van der Waals surface area contributed by atoms with Gasteiger partial charge in [0.25, 0.3) is 5.69 Å². The average molecular weight is 400 g/mol. The second-order valence-corrected chi connectivity index (χ2v) is 6.70. The summed E-state index contributed by atoms with van der Waals surface area (Å²) in [5, 5.41) is 15.1. The maximum Gasteiger partial charge on any atom is 0.341 e. The number of rotatable bonds is 5. The van der Waals surface area contributed by atoms with Gasteiger partial charge >= 0.3 is 5.97 Å². The maximum atomic E-state index is 12.5. The van der Waals surface area contributed by atoms with Crippen molar-refractivity contribution in [2.45, 2.75) is 20.8 Å². The zero-order chi connectivity index (χ0) is 20.4. The van der Waals surface area contributed by atoms with E-state index in [2.05, 4.69) is 10.3 Å². The number of nitrogens with one attached hydrogen (secondary N) is 1. The van der Waals surface area contributed by atoms with Gasteiger partial charge in [-0.25, -0.2) is 4.79 Å². The predicted octanol–water partition coefficient (Wildman–Crippen LogP) is 5.33. The van der Waals surface area contributed by atoms with E-state index in [1.165, 1.54) is 18.3 Å². The van der Waals surface area contributed by atoms with Crippen LogP contribution in [-0.2, 0) is 4.74 Å². The molecule has 8 heteroatoms. The van der Waals surface area contributed by atoms with Crippen LogP contribution >= 0.6 is 11.6 Å². The summed E-state index contributed by atoms with van der Waals surface area (Å²) >= 11 is 5.90. The van der Waals surface area contributed by atoms with E-state index in [1.807, 2.05) is 26.0 Å². The van der Waals surface area contributed by atoms with E-state index in [0.29, 0.717) is 11.4 Å². The van der Waals surface area contributed by atoms with Gasteiger partial charge in [-0.05, 0) is 44.5 Å². The van der Waals surface area contributed by atoms with Crippen LogP contribution in [0, 0.1) is 24.0 Å². The number of anilines is 2. The Balaban J connectivity index is 2.22. The lowest BCUT2D eigenvalue weighted by Crippen LogP contribution is -2.09. The van der Waals surface area contributed by atoms with Gasteiger partial charge in [0, 0.05) is 23.3 Å². The molecule has 0 saturated heterocycles. The van der Waals surface area contributed by atoms with Gasteiger partial charge in [-0.2, -0.15) is 0 Å². The summed E-state index contributed by atoms with van der Waals surface area (Å²) in [5.74, 6) is -0.526. The maximum absolute atomic E-state index is 12.5. The van der Waals surface area contributed by atoms with Gasteiger partial charge in [-0.3, -0.25) is 15.1 Å². The molecule has 28 heavy (non-hydrogen) atoms. The Bertz CT molecular complexity index is 1100. The topological polar surface area (TPSA) is 94.4 Å². The quantitative estimate of drug-likeness (QED) is 0.354. The van der Waals surface area contributed by atoms with Crippen molar-refractivity contribution in [2.75, 3.05) is 11.9 Å². The van der Waals surface area contributed by atoms with Gasteiger partial charge in [0.1, 0.15) is 10.6 Å². The molecule has 0 amide bonds. The fourth-order valence-corrected chi connectivity index (χ4v) is 3.22. The Hall–Kier alpha value is -3.19. The van der Waals surface area contributed by atoms with Crippen LogP contribution in [0.1, 0.15) is 28.4 Å². The van der Waals surface area contributed by atoms with Gasteiger partial charge in [0.15, 0.2) is 0 Å². The lowest BCUT2D eigenvalue weighted by molar-refractivity contribution is -0.384. The second kappa shape index (κ2) is 7.82. The molecular weight excluding hydrogens is 382 g/mol. The number of aryl methyl sites for hydroxylation is 2. The summed E-state index contributed by atoms with van der Waals surface area (Å²) in [4.78, 5) is 27.5. The monoisotopic (exact) mass is 399 g/mol. The molecule has 0 atom stereocenters. The molecule has 1 N–H and O–H groups in total. The van der Waals surface area contributed by atoms with Crippen molar-refractivity contribution < 1.29 is 14.5 Å². The number of fused-ring (bicyclic) bond motifs is 1. The van der Waals surface area contributed by atoms with E-state index < -0.39 is 10.9 Å².